The van der Waals surface area contributed by atoms with Crippen molar-refractivity contribution in [3.8, 4) is 11.5 Å². The van der Waals surface area contributed by atoms with Gasteiger partial charge in [-0.05, 0) is 55.7 Å². The fraction of sp³-hybridized carbons (Fsp3) is 0.292. The Labute approximate surface area is 196 Å². The molecule has 6 nitrogen and oxygen atoms in total. The summed E-state index contributed by atoms with van der Waals surface area (Å²) in [5, 5.41) is 0. The second kappa shape index (κ2) is 9.85. The Balaban J connectivity index is 1.50. The standard InChI is InChI=1S/C24H23NO5S2/c1-15-5-3-6-17(11-15)23(27)30-19-9-8-16(12-20(19)28-2)13-21-22(26)25(24(31)32-21)14-18-7-4-10-29-18/h3,5-6,8-9,11-13,18H,4,7,10,14H2,1-2H3/b21-13+. The molecule has 2 aliphatic rings. The number of carbonyl (C=O) groups is 2. The van der Waals surface area contributed by atoms with Crippen LogP contribution in [0.15, 0.2) is 47.4 Å². The number of aryl methyl sites for hydroxylation is 1. The van der Waals surface area contributed by atoms with Gasteiger partial charge in [-0.1, -0.05) is 47.7 Å². The molecule has 4 rings (SSSR count). The zero-order valence-electron chi connectivity index (χ0n) is 17.8. The number of thioether (sulfide) groups is 1. The number of benzene rings is 2. The van der Waals surface area contributed by atoms with Gasteiger partial charge in [-0.2, -0.15) is 0 Å². The summed E-state index contributed by atoms with van der Waals surface area (Å²) in [7, 11) is 1.50. The van der Waals surface area contributed by atoms with Crippen LogP contribution in [-0.2, 0) is 9.53 Å². The van der Waals surface area contributed by atoms with Crippen molar-refractivity contribution in [1.29, 1.82) is 0 Å². The lowest BCUT2D eigenvalue weighted by Crippen LogP contribution is -2.35. The molecule has 1 amide bonds. The van der Waals surface area contributed by atoms with E-state index >= 15 is 0 Å². The molecular weight excluding hydrogens is 446 g/mol. The number of rotatable bonds is 6. The maximum absolute atomic E-state index is 12.9. The van der Waals surface area contributed by atoms with Crippen LogP contribution in [0.3, 0.4) is 0 Å². The normalized spacial score (nSPS) is 19.6. The highest BCUT2D eigenvalue weighted by atomic mass is 32.2. The molecule has 0 aromatic heterocycles. The lowest BCUT2D eigenvalue weighted by molar-refractivity contribution is -0.123. The van der Waals surface area contributed by atoms with Crippen molar-refractivity contribution in [3.05, 3.63) is 64.1 Å². The van der Waals surface area contributed by atoms with E-state index in [9.17, 15) is 9.59 Å². The molecule has 0 radical (unpaired) electrons. The molecule has 0 saturated carbocycles. The number of ether oxygens (including phenoxy) is 3. The van der Waals surface area contributed by atoms with Gasteiger partial charge in [0.15, 0.2) is 11.5 Å². The van der Waals surface area contributed by atoms with Gasteiger partial charge in [-0.15, -0.1) is 0 Å². The number of hydrogen-bond donors (Lipinski definition) is 0. The van der Waals surface area contributed by atoms with Crippen LogP contribution in [-0.4, -0.2) is 47.5 Å². The zero-order chi connectivity index (χ0) is 22.7. The topological polar surface area (TPSA) is 65.1 Å². The average Bonchev–Trinajstić information content (AvgIpc) is 3.39. The highest BCUT2D eigenvalue weighted by Crippen LogP contribution is 2.35. The molecule has 2 aromatic carbocycles. The second-order valence-electron chi connectivity index (χ2n) is 7.60. The van der Waals surface area contributed by atoms with Crippen LogP contribution in [0.1, 0.15) is 34.3 Å². The van der Waals surface area contributed by atoms with Gasteiger partial charge in [0.25, 0.3) is 5.91 Å². The molecule has 0 spiro atoms. The van der Waals surface area contributed by atoms with E-state index in [1.165, 1.54) is 18.9 Å². The van der Waals surface area contributed by atoms with Crippen LogP contribution in [0.2, 0.25) is 0 Å². The first-order valence-electron chi connectivity index (χ1n) is 10.3. The molecule has 2 aliphatic heterocycles. The van der Waals surface area contributed by atoms with Crippen LogP contribution in [0.5, 0.6) is 11.5 Å². The van der Waals surface area contributed by atoms with E-state index in [2.05, 4.69) is 0 Å². The van der Waals surface area contributed by atoms with E-state index in [0.717, 1.165) is 30.6 Å². The van der Waals surface area contributed by atoms with E-state index in [1.54, 1.807) is 47.4 Å². The minimum atomic E-state index is -0.463. The van der Waals surface area contributed by atoms with Gasteiger partial charge in [0, 0.05) is 6.61 Å². The van der Waals surface area contributed by atoms with Gasteiger partial charge in [0.1, 0.15) is 4.32 Å². The quantitative estimate of drug-likeness (QED) is 0.265. The van der Waals surface area contributed by atoms with Gasteiger partial charge < -0.3 is 14.2 Å². The number of methoxy groups -OCH3 is 1. The Morgan fingerprint density at radius 3 is 2.84 bits per heavy atom. The van der Waals surface area contributed by atoms with E-state index in [-0.39, 0.29) is 12.0 Å². The van der Waals surface area contributed by atoms with E-state index in [1.807, 2.05) is 13.0 Å². The number of thiocarbonyl (C=S) groups is 1. The van der Waals surface area contributed by atoms with E-state index in [0.29, 0.717) is 32.8 Å². The van der Waals surface area contributed by atoms with E-state index in [4.69, 9.17) is 26.4 Å². The Kier molecular flexibility index (Phi) is 6.93. The summed E-state index contributed by atoms with van der Waals surface area (Å²) < 4.78 is 17.1. The molecule has 2 aromatic rings. The van der Waals surface area contributed by atoms with Gasteiger partial charge in [-0.25, -0.2) is 4.79 Å². The van der Waals surface area contributed by atoms with Crippen LogP contribution in [0.4, 0.5) is 0 Å². The first-order chi connectivity index (χ1) is 15.4. The largest absolute Gasteiger partial charge is 0.493 e. The second-order valence-corrected chi connectivity index (χ2v) is 9.27. The molecule has 8 heteroatoms. The van der Waals surface area contributed by atoms with Crippen molar-refractivity contribution >= 4 is 46.3 Å². The van der Waals surface area contributed by atoms with Gasteiger partial charge in [0.2, 0.25) is 0 Å². The first-order valence-corrected chi connectivity index (χ1v) is 11.5. The molecule has 0 aliphatic carbocycles. The Hall–Kier alpha value is -2.68. The maximum Gasteiger partial charge on any atom is 0.343 e. The van der Waals surface area contributed by atoms with Crippen molar-refractivity contribution in [2.75, 3.05) is 20.3 Å². The summed E-state index contributed by atoms with van der Waals surface area (Å²) in [5.41, 5.74) is 2.18. The minimum Gasteiger partial charge on any atom is -0.493 e. The van der Waals surface area contributed by atoms with Crippen molar-refractivity contribution in [1.82, 2.24) is 4.90 Å². The smallest absolute Gasteiger partial charge is 0.343 e. The van der Waals surface area contributed by atoms with E-state index < -0.39 is 5.97 Å². The molecule has 1 unspecified atom stereocenters. The predicted molar refractivity (Wildman–Crippen MR) is 128 cm³/mol. The van der Waals surface area contributed by atoms with Crippen LogP contribution in [0.25, 0.3) is 6.08 Å². The molecule has 166 valence electrons. The van der Waals surface area contributed by atoms with Crippen LogP contribution >= 0.6 is 24.0 Å². The molecule has 0 N–H and O–H groups in total. The minimum absolute atomic E-state index is 0.0410. The third-order valence-corrected chi connectivity index (χ3v) is 6.60. The van der Waals surface area contributed by atoms with Crippen molar-refractivity contribution in [3.63, 3.8) is 0 Å². The molecule has 2 fully saturated rings. The lowest BCUT2D eigenvalue weighted by atomic mass is 10.1. The fourth-order valence-electron chi connectivity index (χ4n) is 3.59. The first kappa shape index (κ1) is 22.5. The molecule has 2 saturated heterocycles. The summed E-state index contributed by atoms with van der Waals surface area (Å²) in [6.45, 7) is 3.13. The monoisotopic (exact) mass is 469 g/mol. The Morgan fingerprint density at radius 2 is 2.12 bits per heavy atom. The molecule has 32 heavy (non-hydrogen) atoms. The third-order valence-electron chi connectivity index (χ3n) is 5.23. The average molecular weight is 470 g/mol. The SMILES string of the molecule is COc1cc(/C=C2/SC(=S)N(CC3CCCO3)C2=O)ccc1OC(=O)c1cccc(C)c1. The Morgan fingerprint density at radius 1 is 1.28 bits per heavy atom. The van der Waals surface area contributed by atoms with Gasteiger partial charge >= 0.3 is 5.97 Å². The highest BCUT2D eigenvalue weighted by Gasteiger charge is 2.34. The Bertz CT molecular complexity index is 1090. The highest BCUT2D eigenvalue weighted by molar-refractivity contribution is 8.26. The predicted octanol–water partition coefficient (Wildman–Crippen LogP) is 4.60. The van der Waals surface area contributed by atoms with Gasteiger partial charge in [0.05, 0.1) is 30.2 Å². The molecular formula is C24H23NO5S2. The zero-order valence-corrected chi connectivity index (χ0v) is 19.5. The van der Waals surface area contributed by atoms with Crippen LogP contribution in [0, 0.1) is 6.92 Å². The number of esters is 1. The summed E-state index contributed by atoms with van der Waals surface area (Å²) >= 11 is 6.68. The lowest BCUT2D eigenvalue weighted by Gasteiger charge is -2.18. The van der Waals surface area contributed by atoms with Crippen molar-refractivity contribution < 1.29 is 23.8 Å². The molecule has 1 atom stereocenters. The number of carbonyl (C=O) groups excluding carboxylic acids is 2. The molecule has 0 bridgehead atoms. The number of nitrogens with zero attached hydrogens (tertiary/aromatic N) is 1. The summed E-state index contributed by atoms with van der Waals surface area (Å²) in [6.07, 6.45) is 3.76. The number of amides is 1. The summed E-state index contributed by atoms with van der Waals surface area (Å²) in [6, 6.07) is 12.3. The maximum atomic E-state index is 12.9. The molecule has 2 heterocycles. The van der Waals surface area contributed by atoms with Gasteiger partial charge in [-0.3, -0.25) is 9.69 Å². The van der Waals surface area contributed by atoms with Crippen molar-refractivity contribution in [2.24, 2.45) is 0 Å². The summed E-state index contributed by atoms with van der Waals surface area (Å²) in [5.74, 6) is 0.121. The van der Waals surface area contributed by atoms with Crippen molar-refractivity contribution in [2.45, 2.75) is 25.9 Å². The number of hydrogen-bond acceptors (Lipinski definition) is 7. The fourth-order valence-corrected chi connectivity index (χ4v) is 4.86. The van der Waals surface area contributed by atoms with Crippen LogP contribution < -0.4 is 9.47 Å². The third kappa shape index (κ3) is 5.03. The summed E-state index contributed by atoms with van der Waals surface area (Å²) in [4.78, 5) is 27.5.